The smallest absolute Gasteiger partial charge is 0.326 e. The number of ether oxygens (including phenoxy) is 2. The summed E-state index contributed by atoms with van der Waals surface area (Å²) in [7, 11) is 1.68. The van der Waals surface area contributed by atoms with Gasteiger partial charge in [-0.05, 0) is 157 Å². The summed E-state index contributed by atoms with van der Waals surface area (Å²) in [6, 6.07) is 7.24. The van der Waals surface area contributed by atoms with E-state index >= 15 is 0 Å². The van der Waals surface area contributed by atoms with E-state index in [2.05, 4.69) is 58.6 Å². The van der Waals surface area contributed by atoms with Crippen molar-refractivity contribution in [3.05, 3.63) is 42.0 Å². The lowest BCUT2D eigenvalue weighted by atomic mass is 9.32. The molecule has 1 amide bonds. The number of aliphatic hydroxyl groups is 1. The number of carboxylic acid groups (broad SMARTS) is 1. The van der Waals surface area contributed by atoms with Gasteiger partial charge in [0.1, 0.15) is 11.8 Å². The van der Waals surface area contributed by atoms with Gasteiger partial charge in [0, 0.05) is 0 Å². The standard InChI is InChI=1S/C45H69NO6/c1-28(2)26-34(39(48)49)46-40(50)45-22-16-32(29(3)27-52-25-19-30-10-12-31(51-9)13-11-30)38(45)33-14-15-36-42(6)20-18-37(47)41(4,5)35(42)17-21-44(36,8)43(33,7)23-24-45/h10-13,28,32-38,47H,3,14-27H2,1-2,4-9H3,(H,46,50)(H,48,49)/t32-,33+,34?,35-,36+,37-,38+,42-,43+,44+,45-/m0/s1. The number of fused-ring (bicyclic) bond motifs is 7. The van der Waals surface area contributed by atoms with Crippen molar-refractivity contribution >= 4 is 11.9 Å². The summed E-state index contributed by atoms with van der Waals surface area (Å²) in [6.07, 6.45) is 10.9. The number of aliphatic hydroxyl groups excluding tert-OH is 1. The Labute approximate surface area is 314 Å². The number of benzene rings is 1. The van der Waals surface area contributed by atoms with Crippen molar-refractivity contribution in [1.29, 1.82) is 0 Å². The number of hydrogen-bond acceptors (Lipinski definition) is 5. The van der Waals surface area contributed by atoms with Crippen LogP contribution in [0.15, 0.2) is 36.4 Å². The SMILES string of the molecule is C=C(COCCc1ccc(OC)cc1)[C@@H]1CC[C@]2(C(=O)NC(CC(C)C)C(=O)O)CC[C@]3(C)[C@H](CC[C@@H]4[C@@]5(C)CC[C@H](O)C(C)(C)[C@@H]5CC[C@]43C)[C@@H]12. The first kappa shape index (κ1) is 39.3. The van der Waals surface area contributed by atoms with Crippen LogP contribution in [0.3, 0.4) is 0 Å². The Morgan fingerprint density at radius 1 is 0.904 bits per heavy atom. The van der Waals surface area contributed by atoms with Gasteiger partial charge in [-0.2, -0.15) is 0 Å². The number of amides is 1. The van der Waals surface area contributed by atoms with E-state index in [1.807, 2.05) is 26.0 Å². The highest BCUT2D eigenvalue weighted by atomic mass is 16.5. The van der Waals surface area contributed by atoms with Crippen molar-refractivity contribution in [2.45, 2.75) is 138 Å². The maximum atomic E-state index is 14.7. The molecular formula is C45H69NO6. The third-order valence-corrected chi connectivity index (χ3v) is 16.7. The Balaban J connectivity index is 1.28. The van der Waals surface area contributed by atoms with Gasteiger partial charge in [0.25, 0.3) is 0 Å². The zero-order chi connectivity index (χ0) is 37.9. The van der Waals surface area contributed by atoms with E-state index in [1.54, 1.807) is 7.11 Å². The molecule has 0 aromatic heterocycles. The van der Waals surface area contributed by atoms with Crippen molar-refractivity contribution in [1.82, 2.24) is 5.32 Å². The fourth-order valence-corrected chi connectivity index (χ4v) is 13.7. The number of rotatable bonds is 12. The first-order valence-electron chi connectivity index (χ1n) is 20.5. The van der Waals surface area contributed by atoms with Crippen LogP contribution in [0.25, 0.3) is 0 Å². The molecule has 5 aliphatic rings. The topological polar surface area (TPSA) is 105 Å². The highest BCUT2D eigenvalue weighted by Gasteiger charge is 2.72. The molecule has 0 bridgehead atoms. The molecule has 0 heterocycles. The van der Waals surface area contributed by atoms with E-state index in [-0.39, 0.29) is 51.4 Å². The molecule has 0 saturated heterocycles. The zero-order valence-corrected chi connectivity index (χ0v) is 33.6. The van der Waals surface area contributed by atoms with Gasteiger partial charge in [0.15, 0.2) is 0 Å². The highest BCUT2D eigenvalue weighted by molar-refractivity contribution is 5.88. The molecule has 0 radical (unpaired) electrons. The second kappa shape index (κ2) is 14.4. The van der Waals surface area contributed by atoms with Gasteiger partial charge in [-0.3, -0.25) is 4.79 Å². The maximum Gasteiger partial charge on any atom is 0.326 e. The molecule has 1 unspecified atom stereocenters. The Morgan fingerprint density at radius 2 is 1.62 bits per heavy atom. The van der Waals surface area contributed by atoms with Crippen LogP contribution in [0, 0.1) is 62.6 Å². The van der Waals surface area contributed by atoms with Gasteiger partial charge in [-0.1, -0.05) is 67.2 Å². The number of carboxylic acids is 1. The molecule has 5 saturated carbocycles. The van der Waals surface area contributed by atoms with Crippen molar-refractivity contribution in [2.24, 2.45) is 62.6 Å². The minimum Gasteiger partial charge on any atom is -0.497 e. The number of methoxy groups -OCH3 is 1. The Kier molecular flexibility index (Phi) is 10.9. The largest absolute Gasteiger partial charge is 0.497 e. The molecule has 5 aliphatic carbocycles. The first-order valence-corrected chi connectivity index (χ1v) is 20.5. The van der Waals surface area contributed by atoms with Crippen LogP contribution in [-0.2, 0) is 20.7 Å². The molecule has 290 valence electrons. The summed E-state index contributed by atoms with van der Waals surface area (Å²) in [5, 5.41) is 24.4. The average Bonchev–Trinajstić information content (AvgIpc) is 3.49. The molecular weight excluding hydrogens is 650 g/mol. The minimum atomic E-state index is -0.946. The summed E-state index contributed by atoms with van der Waals surface area (Å²) >= 11 is 0. The molecule has 7 heteroatoms. The van der Waals surface area contributed by atoms with Crippen LogP contribution < -0.4 is 10.1 Å². The molecule has 1 aromatic rings. The minimum absolute atomic E-state index is 0.0424. The van der Waals surface area contributed by atoms with Crippen LogP contribution >= 0.6 is 0 Å². The van der Waals surface area contributed by atoms with Crippen LogP contribution in [0.5, 0.6) is 5.75 Å². The van der Waals surface area contributed by atoms with E-state index in [0.29, 0.717) is 37.4 Å². The fraction of sp³-hybridized carbons (Fsp3) is 0.778. The fourth-order valence-electron chi connectivity index (χ4n) is 13.7. The van der Waals surface area contributed by atoms with Crippen molar-refractivity contribution in [2.75, 3.05) is 20.3 Å². The van der Waals surface area contributed by atoms with E-state index < -0.39 is 17.4 Å². The number of aliphatic carboxylic acids is 1. The lowest BCUT2D eigenvalue weighted by Crippen LogP contribution is -2.67. The molecule has 1 aromatic carbocycles. The highest BCUT2D eigenvalue weighted by Crippen LogP contribution is 2.77. The Hall–Kier alpha value is -2.38. The van der Waals surface area contributed by atoms with Gasteiger partial charge >= 0.3 is 5.97 Å². The van der Waals surface area contributed by atoms with Gasteiger partial charge in [-0.15, -0.1) is 0 Å². The lowest BCUT2D eigenvalue weighted by Gasteiger charge is -2.72. The van der Waals surface area contributed by atoms with E-state index in [0.717, 1.165) is 82.0 Å². The Bertz CT molecular complexity index is 1490. The second-order valence-corrected chi connectivity index (χ2v) is 19.7. The van der Waals surface area contributed by atoms with E-state index in [4.69, 9.17) is 9.47 Å². The summed E-state index contributed by atoms with van der Waals surface area (Å²) in [4.78, 5) is 27.2. The lowest BCUT2D eigenvalue weighted by molar-refractivity contribution is -0.246. The van der Waals surface area contributed by atoms with E-state index in [9.17, 15) is 19.8 Å². The summed E-state index contributed by atoms with van der Waals surface area (Å²) < 4.78 is 11.6. The van der Waals surface area contributed by atoms with E-state index in [1.165, 1.54) is 5.56 Å². The predicted octanol–water partition coefficient (Wildman–Crippen LogP) is 8.87. The number of carbonyl (C=O) groups is 2. The van der Waals surface area contributed by atoms with Gasteiger partial charge in [-0.25, -0.2) is 4.79 Å². The van der Waals surface area contributed by atoms with Crippen LogP contribution in [0.1, 0.15) is 125 Å². The molecule has 0 aliphatic heterocycles. The van der Waals surface area contributed by atoms with Crippen molar-refractivity contribution < 1.29 is 29.3 Å². The molecule has 52 heavy (non-hydrogen) atoms. The molecule has 3 N–H and O–H groups in total. The van der Waals surface area contributed by atoms with Gasteiger partial charge in [0.05, 0.1) is 31.8 Å². The van der Waals surface area contributed by atoms with Crippen LogP contribution in [-0.4, -0.2) is 54.6 Å². The monoisotopic (exact) mass is 720 g/mol. The average molecular weight is 720 g/mol. The summed E-state index contributed by atoms with van der Waals surface area (Å²) in [5.74, 6) is 1.68. The Morgan fingerprint density at radius 3 is 2.27 bits per heavy atom. The third kappa shape index (κ3) is 6.35. The normalized spacial score (nSPS) is 39.7. The zero-order valence-electron chi connectivity index (χ0n) is 33.6. The number of carbonyl (C=O) groups excluding carboxylic acids is 1. The van der Waals surface area contributed by atoms with Crippen molar-refractivity contribution in [3.63, 3.8) is 0 Å². The van der Waals surface area contributed by atoms with Crippen molar-refractivity contribution in [3.8, 4) is 5.75 Å². The van der Waals surface area contributed by atoms with Gasteiger partial charge in [0.2, 0.25) is 5.91 Å². The summed E-state index contributed by atoms with van der Waals surface area (Å²) in [5.41, 5.74) is 1.92. The maximum absolute atomic E-state index is 14.7. The van der Waals surface area contributed by atoms with Crippen LogP contribution in [0.2, 0.25) is 0 Å². The number of hydrogen-bond donors (Lipinski definition) is 3. The van der Waals surface area contributed by atoms with Crippen LogP contribution in [0.4, 0.5) is 0 Å². The quantitative estimate of drug-likeness (QED) is 0.147. The van der Waals surface area contributed by atoms with Gasteiger partial charge < -0.3 is 25.0 Å². The second-order valence-electron chi connectivity index (χ2n) is 19.7. The third-order valence-electron chi connectivity index (χ3n) is 16.7. The molecule has 11 atom stereocenters. The molecule has 7 nitrogen and oxygen atoms in total. The first-order chi connectivity index (χ1) is 24.4. The number of nitrogens with one attached hydrogen (secondary N) is 1. The molecule has 0 spiro atoms. The summed E-state index contributed by atoms with van der Waals surface area (Å²) in [6.45, 7) is 22.1. The molecule has 6 rings (SSSR count). The molecule has 5 fully saturated rings. The predicted molar refractivity (Wildman–Crippen MR) is 206 cm³/mol.